The summed E-state index contributed by atoms with van der Waals surface area (Å²) in [6.45, 7) is 4.14. The van der Waals surface area contributed by atoms with Crippen LogP contribution < -0.4 is 22.3 Å². The number of hydrogen-bond acceptors (Lipinski definition) is 7. The van der Waals surface area contributed by atoms with Crippen molar-refractivity contribution < 1.29 is 9.84 Å². The molecule has 1 saturated heterocycles. The van der Waals surface area contributed by atoms with Gasteiger partial charge in [0.05, 0.1) is 12.1 Å². The van der Waals surface area contributed by atoms with Gasteiger partial charge in [-0.1, -0.05) is 29.8 Å². The molecule has 2 aromatic heterocycles. The van der Waals surface area contributed by atoms with E-state index in [1.54, 1.807) is 23.7 Å². The van der Waals surface area contributed by atoms with E-state index in [-0.39, 0.29) is 30.7 Å². The summed E-state index contributed by atoms with van der Waals surface area (Å²) in [4.78, 5) is 42.6. The van der Waals surface area contributed by atoms with Crippen LogP contribution in [-0.2, 0) is 24.9 Å². The van der Waals surface area contributed by atoms with Crippen molar-refractivity contribution in [2.24, 2.45) is 7.05 Å². The molecule has 2 N–H and O–H groups in total. The van der Waals surface area contributed by atoms with Crippen molar-refractivity contribution in [1.82, 2.24) is 18.7 Å². The van der Waals surface area contributed by atoms with E-state index in [1.165, 1.54) is 4.57 Å². The molecule has 186 valence electrons. The Morgan fingerprint density at radius 3 is 2.44 bits per heavy atom. The second-order valence-corrected chi connectivity index (χ2v) is 9.16. The van der Waals surface area contributed by atoms with Gasteiger partial charge in [-0.3, -0.25) is 9.36 Å². The number of ether oxygens (including phenoxy) is 1. The van der Waals surface area contributed by atoms with Crippen LogP contribution in [0.15, 0.2) is 62.9 Å². The summed E-state index contributed by atoms with van der Waals surface area (Å²) in [6, 6.07) is 14.8. The van der Waals surface area contributed by atoms with E-state index in [1.807, 2.05) is 50.2 Å². The first-order valence-electron chi connectivity index (χ1n) is 11.7. The van der Waals surface area contributed by atoms with Crippen LogP contribution in [0.1, 0.15) is 23.1 Å². The standard InChI is InChI=1S/C26H27N5O5/c1-15-4-6-17(7-5-15)14-31-24(28-25(34)30(26(31)35)11-10-21-23(33)36-21)27-18-8-9-20-19(13-18)16(2)12-22(32)29(20)3/h4-9,12-13,21,23,33H,10-11,14H2,1-3H3,(H,27,28,34). The predicted molar refractivity (Wildman–Crippen MR) is 136 cm³/mol. The minimum Gasteiger partial charge on any atom is -0.366 e. The molecule has 3 heterocycles. The molecule has 5 rings (SSSR count). The van der Waals surface area contributed by atoms with Crippen molar-refractivity contribution >= 4 is 22.5 Å². The Morgan fingerprint density at radius 2 is 1.75 bits per heavy atom. The number of aryl methyl sites for hydroxylation is 3. The van der Waals surface area contributed by atoms with E-state index in [2.05, 4.69) is 10.3 Å². The van der Waals surface area contributed by atoms with Gasteiger partial charge in [-0.2, -0.15) is 4.98 Å². The molecule has 2 atom stereocenters. The zero-order chi connectivity index (χ0) is 25.6. The van der Waals surface area contributed by atoms with Crippen molar-refractivity contribution in [2.45, 2.75) is 45.8 Å². The minimum absolute atomic E-state index is 0.0871. The van der Waals surface area contributed by atoms with Crippen LogP contribution in [0.2, 0.25) is 0 Å². The molecule has 0 bridgehead atoms. The Hall–Kier alpha value is -4.02. The molecule has 0 amide bonds. The summed E-state index contributed by atoms with van der Waals surface area (Å²) in [5, 5.41) is 13.4. The van der Waals surface area contributed by atoms with Crippen molar-refractivity contribution in [3.63, 3.8) is 0 Å². The highest BCUT2D eigenvalue weighted by Crippen LogP contribution is 2.24. The first-order chi connectivity index (χ1) is 17.2. The van der Waals surface area contributed by atoms with Gasteiger partial charge in [0.15, 0.2) is 6.29 Å². The largest absolute Gasteiger partial charge is 0.366 e. The van der Waals surface area contributed by atoms with E-state index in [0.29, 0.717) is 12.1 Å². The smallest absolute Gasteiger partial charge is 0.354 e. The van der Waals surface area contributed by atoms with Crippen LogP contribution in [0.25, 0.3) is 10.9 Å². The molecule has 10 nitrogen and oxygen atoms in total. The third-order valence-electron chi connectivity index (χ3n) is 6.51. The number of nitrogens with zero attached hydrogens (tertiary/aromatic N) is 4. The fourth-order valence-corrected chi connectivity index (χ4v) is 4.27. The molecule has 0 radical (unpaired) electrons. The third kappa shape index (κ3) is 4.60. The zero-order valence-electron chi connectivity index (χ0n) is 20.3. The number of fused-ring (bicyclic) bond motifs is 1. The van der Waals surface area contributed by atoms with Gasteiger partial charge in [0, 0.05) is 30.7 Å². The topological polar surface area (TPSA) is 124 Å². The number of nitrogens with one attached hydrogen (secondary N) is 1. The van der Waals surface area contributed by atoms with Crippen LogP contribution >= 0.6 is 0 Å². The second kappa shape index (κ2) is 9.21. The number of epoxide rings is 1. The van der Waals surface area contributed by atoms with E-state index >= 15 is 0 Å². The molecular formula is C26H27N5O5. The molecule has 2 aromatic carbocycles. The van der Waals surface area contributed by atoms with Gasteiger partial charge in [-0.25, -0.2) is 14.2 Å². The lowest BCUT2D eigenvalue weighted by atomic mass is 10.1. The zero-order valence-corrected chi connectivity index (χ0v) is 20.3. The maximum atomic E-state index is 13.4. The lowest BCUT2D eigenvalue weighted by Crippen LogP contribution is -2.43. The van der Waals surface area contributed by atoms with Gasteiger partial charge >= 0.3 is 11.4 Å². The Morgan fingerprint density at radius 1 is 1.03 bits per heavy atom. The van der Waals surface area contributed by atoms with Gasteiger partial charge in [-0.15, -0.1) is 0 Å². The average molecular weight is 490 g/mol. The molecule has 2 unspecified atom stereocenters. The summed E-state index contributed by atoms with van der Waals surface area (Å²) in [5.41, 5.74) is 2.91. The number of hydrogen-bond donors (Lipinski definition) is 2. The van der Waals surface area contributed by atoms with Gasteiger partial charge in [0.25, 0.3) is 5.56 Å². The number of pyridine rings is 1. The summed E-state index contributed by atoms with van der Waals surface area (Å²) in [7, 11) is 1.71. The highest BCUT2D eigenvalue weighted by molar-refractivity contribution is 5.86. The molecule has 4 aromatic rings. The van der Waals surface area contributed by atoms with Crippen LogP contribution in [0, 0.1) is 13.8 Å². The highest BCUT2D eigenvalue weighted by atomic mass is 16.7. The van der Waals surface area contributed by atoms with Crippen molar-refractivity contribution in [3.8, 4) is 0 Å². The average Bonchev–Trinajstić information content (AvgIpc) is 3.56. The monoisotopic (exact) mass is 489 g/mol. The van der Waals surface area contributed by atoms with Crippen molar-refractivity contribution in [3.05, 3.63) is 96.5 Å². The highest BCUT2D eigenvalue weighted by Gasteiger charge is 2.36. The number of benzene rings is 2. The fourth-order valence-electron chi connectivity index (χ4n) is 4.27. The summed E-state index contributed by atoms with van der Waals surface area (Å²) >= 11 is 0. The SMILES string of the molecule is Cc1ccc(Cn2c(Nc3ccc4c(c3)c(C)cc(=O)n4C)nc(=O)n(CCC3OC3O)c2=O)cc1. The van der Waals surface area contributed by atoms with Crippen molar-refractivity contribution in [1.29, 1.82) is 0 Å². The van der Waals surface area contributed by atoms with E-state index in [4.69, 9.17) is 4.74 Å². The molecule has 0 aliphatic carbocycles. The molecule has 1 aliphatic rings. The van der Waals surface area contributed by atoms with Crippen LogP contribution in [0.4, 0.5) is 11.6 Å². The molecule has 0 saturated carbocycles. The van der Waals surface area contributed by atoms with Crippen LogP contribution in [-0.4, -0.2) is 36.2 Å². The first-order valence-corrected chi connectivity index (χ1v) is 11.7. The Balaban J connectivity index is 1.56. The van der Waals surface area contributed by atoms with Gasteiger partial charge in [0.2, 0.25) is 5.95 Å². The van der Waals surface area contributed by atoms with E-state index in [9.17, 15) is 19.5 Å². The molecule has 10 heteroatoms. The quantitative estimate of drug-likeness (QED) is 0.379. The van der Waals surface area contributed by atoms with Gasteiger partial charge in [0.1, 0.15) is 6.10 Å². The minimum atomic E-state index is -0.847. The van der Waals surface area contributed by atoms with Gasteiger partial charge < -0.3 is 19.7 Å². The summed E-state index contributed by atoms with van der Waals surface area (Å²) in [6.07, 6.45) is -0.894. The Labute approximate surface area is 206 Å². The number of rotatable bonds is 7. The predicted octanol–water partition coefficient (Wildman–Crippen LogP) is 1.77. The van der Waals surface area contributed by atoms with E-state index in [0.717, 1.165) is 32.2 Å². The molecule has 36 heavy (non-hydrogen) atoms. The first kappa shape index (κ1) is 23.7. The molecule has 1 fully saturated rings. The van der Waals surface area contributed by atoms with Crippen LogP contribution in [0.3, 0.4) is 0 Å². The molecule has 1 aliphatic heterocycles. The maximum Gasteiger partial charge on any atom is 0.354 e. The van der Waals surface area contributed by atoms with E-state index < -0.39 is 17.7 Å². The number of aliphatic hydroxyl groups excluding tert-OH is 1. The normalized spacial score (nSPS) is 16.9. The third-order valence-corrected chi connectivity index (χ3v) is 6.51. The molecule has 0 spiro atoms. The lowest BCUT2D eigenvalue weighted by Gasteiger charge is -2.16. The van der Waals surface area contributed by atoms with Gasteiger partial charge in [-0.05, 0) is 49.6 Å². The summed E-state index contributed by atoms with van der Waals surface area (Å²) < 4.78 is 9.05. The summed E-state index contributed by atoms with van der Waals surface area (Å²) in [5.74, 6) is 0.117. The number of anilines is 2. The second-order valence-electron chi connectivity index (χ2n) is 9.16. The Bertz CT molecular complexity index is 1630. The molecular weight excluding hydrogens is 462 g/mol. The maximum absolute atomic E-state index is 13.4. The lowest BCUT2D eigenvalue weighted by molar-refractivity contribution is 0.156. The number of aliphatic hydroxyl groups is 1. The Kier molecular flexibility index (Phi) is 6.07. The number of aromatic nitrogens is 4. The fraction of sp³-hybridized carbons (Fsp3) is 0.308. The van der Waals surface area contributed by atoms with Crippen molar-refractivity contribution in [2.75, 3.05) is 5.32 Å². The van der Waals surface area contributed by atoms with Crippen LogP contribution in [0.5, 0.6) is 0 Å².